The Bertz CT molecular complexity index is 1080. The second-order valence-electron chi connectivity index (χ2n) is 7.89. The lowest BCUT2D eigenvalue weighted by atomic mass is 9.82. The highest BCUT2D eigenvalue weighted by Crippen LogP contribution is 2.33. The first-order valence-corrected chi connectivity index (χ1v) is 10.4. The number of methoxy groups -OCH3 is 1. The standard InChI is InChI=1S/C23H24ClN3O4/c1-15-3-8-19-18(9-15)21(27-22(24)26-19)25-12-23(13-30-14-23)10-20(28)31-11-16-4-6-17(29-2)7-5-16/h3-9H,10-14H2,1-2H3,(H,25,26,27). The van der Waals surface area contributed by atoms with E-state index in [4.69, 9.17) is 25.8 Å². The van der Waals surface area contributed by atoms with Gasteiger partial charge in [0.25, 0.3) is 0 Å². The summed E-state index contributed by atoms with van der Waals surface area (Å²) >= 11 is 6.10. The molecular weight excluding hydrogens is 418 g/mol. The fraction of sp³-hybridized carbons (Fsp3) is 0.348. The molecule has 7 nitrogen and oxygen atoms in total. The summed E-state index contributed by atoms with van der Waals surface area (Å²) in [4.78, 5) is 21.1. The van der Waals surface area contributed by atoms with Crippen molar-refractivity contribution in [2.45, 2.75) is 20.0 Å². The molecule has 0 spiro atoms. The fourth-order valence-corrected chi connectivity index (χ4v) is 3.70. The van der Waals surface area contributed by atoms with Gasteiger partial charge in [0.15, 0.2) is 0 Å². The molecular formula is C23H24ClN3O4. The molecule has 0 aliphatic carbocycles. The lowest BCUT2D eigenvalue weighted by Gasteiger charge is -2.40. The molecule has 31 heavy (non-hydrogen) atoms. The van der Waals surface area contributed by atoms with E-state index in [2.05, 4.69) is 15.3 Å². The van der Waals surface area contributed by atoms with Crippen LogP contribution in [0.4, 0.5) is 5.82 Å². The largest absolute Gasteiger partial charge is 0.497 e. The Labute approximate surface area is 185 Å². The van der Waals surface area contributed by atoms with Crippen LogP contribution in [0, 0.1) is 12.3 Å². The number of rotatable bonds is 8. The van der Waals surface area contributed by atoms with Gasteiger partial charge in [-0.05, 0) is 48.4 Å². The monoisotopic (exact) mass is 441 g/mol. The zero-order chi connectivity index (χ0) is 21.8. The number of esters is 1. The molecule has 1 fully saturated rings. The van der Waals surface area contributed by atoms with Crippen LogP contribution in [0.5, 0.6) is 5.75 Å². The van der Waals surface area contributed by atoms with E-state index in [0.717, 1.165) is 27.8 Å². The first-order valence-electron chi connectivity index (χ1n) is 10.0. The lowest BCUT2D eigenvalue weighted by Crippen LogP contribution is -2.49. The molecule has 0 saturated carbocycles. The maximum atomic E-state index is 12.5. The van der Waals surface area contributed by atoms with Gasteiger partial charge >= 0.3 is 5.97 Å². The summed E-state index contributed by atoms with van der Waals surface area (Å²) in [6.07, 6.45) is 0.256. The van der Waals surface area contributed by atoms with E-state index < -0.39 is 0 Å². The van der Waals surface area contributed by atoms with Gasteiger partial charge in [0, 0.05) is 17.3 Å². The molecule has 1 aliphatic rings. The summed E-state index contributed by atoms with van der Waals surface area (Å²) in [5, 5.41) is 4.42. The number of hydrogen-bond acceptors (Lipinski definition) is 7. The van der Waals surface area contributed by atoms with Crippen molar-refractivity contribution in [1.29, 1.82) is 0 Å². The average molecular weight is 442 g/mol. The van der Waals surface area contributed by atoms with Gasteiger partial charge in [-0.2, -0.15) is 0 Å². The molecule has 3 aromatic rings. The predicted octanol–water partition coefficient (Wildman–Crippen LogP) is 4.16. The minimum absolute atomic E-state index is 0.177. The molecule has 2 aromatic carbocycles. The zero-order valence-corrected chi connectivity index (χ0v) is 18.2. The Balaban J connectivity index is 1.39. The third-order valence-corrected chi connectivity index (χ3v) is 5.52. The van der Waals surface area contributed by atoms with Gasteiger partial charge in [0.05, 0.1) is 32.3 Å². The number of carbonyl (C=O) groups excluding carboxylic acids is 1. The van der Waals surface area contributed by atoms with Gasteiger partial charge < -0.3 is 19.5 Å². The van der Waals surface area contributed by atoms with Gasteiger partial charge in [0.2, 0.25) is 5.28 Å². The normalized spacial score (nSPS) is 14.7. The second kappa shape index (κ2) is 9.08. The van der Waals surface area contributed by atoms with Crippen molar-refractivity contribution in [2.24, 2.45) is 5.41 Å². The van der Waals surface area contributed by atoms with Crippen molar-refractivity contribution < 1.29 is 19.0 Å². The molecule has 2 heterocycles. The van der Waals surface area contributed by atoms with Crippen molar-refractivity contribution in [3.05, 3.63) is 58.9 Å². The van der Waals surface area contributed by atoms with Crippen LogP contribution in [-0.2, 0) is 20.9 Å². The number of nitrogens with zero attached hydrogens (tertiary/aromatic N) is 2. The van der Waals surface area contributed by atoms with E-state index in [1.807, 2.05) is 49.4 Å². The summed E-state index contributed by atoms with van der Waals surface area (Å²) < 4.78 is 16.0. The summed E-state index contributed by atoms with van der Waals surface area (Å²) in [6, 6.07) is 13.4. The van der Waals surface area contributed by atoms with E-state index in [1.165, 1.54) is 0 Å². The van der Waals surface area contributed by atoms with E-state index in [9.17, 15) is 4.79 Å². The smallest absolute Gasteiger partial charge is 0.306 e. The highest BCUT2D eigenvalue weighted by Gasteiger charge is 2.41. The Morgan fingerprint density at radius 2 is 1.97 bits per heavy atom. The molecule has 4 rings (SSSR count). The highest BCUT2D eigenvalue weighted by atomic mass is 35.5. The molecule has 1 N–H and O–H groups in total. The second-order valence-corrected chi connectivity index (χ2v) is 8.23. The Kier molecular flexibility index (Phi) is 6.25. The molecule has 0 atom stereocenters. The van der Waals surface area contributed by atoms with Crippen molar-refractivity contribution in [3.63, 3.8) is 0 Å². The molecule has 8 heteroatoms. The molecule has 0 unspecified atom stereocenters. The molecule has 1 aliphatic heterocycles. The first kappa shape index (κ1) is 21.3. The topological polar surface area (TPSA) is 82.6 Å². The van der Waals surface area contributed by atoms with E-state index in [1.54, 1.807) is 7.11 Å². The molecule has 0 radical (unpaired) electrons. The molecule has 0 amide bonds. The van der Waals surface area contributed by atoms with Crippen LogP contribution < -0.4 is 10.1 Å². The van der Waals surface area contributed by atoms with Crippen LogP contribution in [0.15, 0.2) is 42.5 Å². The predicted molar refractivity (Wildman–Crippen MR) is 118 cm³/mol. The molecule has 1 aromatic heterocycles. The van der Waals surface area contributed by atoms with Crippen molar-refractivity contribution >= 4 is 34.3 Å². The van der Waals surface area contributed by atoms with Crippen LogP contribution >= 0.6 is 11.6 Å². The lowest BCUT2D eigenvalue weighted by molar-refractivity contribution is -0.160. The number of hydrogen-bond donors (Lipinski definition) is 1. The number of carbonyl (C=O) groups is 1. The number of aromatic nitrogens is 2. The average Bonchev–Trinajstić information content (AvgIpc) is 2.74. The molecule has 162 valence electrons. The van der Waals surface area contributed by atoms with Crippen LogP contribution in [0.2, 0.25) is 5.28 Å². The Morgan fingerprint density at radius 1 is 1.19 bits per heavy atom. The van der Waals surface area contributed by atoms with Crippen molar-refractivity contribution in [1.82, 2.24) is 9.97 Å². The maximum Gasteiger partial charge on any atom is 0.306 e. The van der Waals surface area contributed by atoms with Crippen LogP contribution in [0.1, 0.15) is 17.5 Å². The van der Waals surface area contributed by atoms with Crippen molar-refractivity contribution in [3.8, 4) is 5.75 Å². The van der Waals surface area contributed by atoms with Gasteiger partial charge in [-0.3, -0.25) is 4.79 Å². The van der Waals surface area contributed by atoms with Crippen LogP contribution in [0.25, 0.3) is 10.9 Å². The minimum Gasteiger partial charge on any atom is -0.497 e. The van der Waals surface area contributed by atoms with E-state index >= 15 is 0 Å². The number of aryl methyl sites for hydroxylation is 1. The summed E-state index contributed by atoms with van der Waals surface area (Å²) in [5.74, 6) is 1.15. The fourth-order valence-electron chi connectivity index (χ4n) is 3.52. The number of ether oxygens (including phenoxy) is 3. The van der Waals surface area contributed by atoms with Gasteiger partial charge in [-0.1, -0.05) is 23.8 Å². The summed E-state index contributed by atoms with van der Waals surface area (Å²) in [6.45, 7) is 3.71. The van der Waals surface area contributed by atoms with Crippen molar-refractivity contribution in [2.75, 3.05) is 32.2 Å². The van der Waals surface area contributed by atoms with E-state index in [0.29, 0.717) is 25.6 Å². The summed E-state index contributed by atoms with van der Waals surface area (Å²) in [7, 11) is 1.61. The summed E-state index contributed by atoms with van der Waals surface area (Å²) in [5.41, 5.74) is 2.43. The van der Waals surface area contributed by atoms with Gasteiger partial charge in [-0.15, -0.1) is 0 Å². The van der Waals surface area contributed by atoms with Crippen LogP contribution in [-0.4, -0.2) is 42.8 Å². The number of halogens is 1. The highest BCUT2D eigenvalue weighted by molar-refractivity contribution is 6.28. The third-order valence-electron chi connectivity index (χ3n) is 5.35. The first-order chi connectivity index (χ1) is 15.0. The SMILES string of the molecule is COc1ccc(COC(=O)CC2(CNc3nc(Cl)nc4ccc(C)cc34)COC2)cc1. The quantitative estimate of drug-likeness (QED) is 0.415. The Hall–Kier alpha value is -2.90. The maximum absolute atomic E-state index is 12.5. The number of anilines is 1. The van der Waals surface area contributed by atoms with Crippen LogP contribution in [0.3, 0.4) is 0 Å². The number of nitrogens with one attached hydrogen (secondary N) is 1. The molecule has 0 bridgehead atoms. The van der Waals surface area contributed by atoms with Gasteiger partial charge in [0.1, 0.15) is 18.2 Å². The number of benzene rings is 2. The minimum atomic E-state index is -0.343. The molecule has 1 saturated heterocycles. The third kappa shape index (κ3) is 5.06. The van der Waals surface area contributed by atoms with E-state index in [-0.39, 0.29) is 29.7 Å². The number of fused-ring (bicyclic) bond motifs is 1. The van der Waals surface area contributed by atoms with Gasteiger partial charge in [-0.25, -0.2) is 9.97 Å². The Morgan fingerprint density at radius 3 is 2.65 bits per heavy atom. The zero-order valence-electron chi connectivity index (χ0n) is 17.5.